The first-order valence-electron chi connectivity index (χ1n) is 14.2. The second-order valence-electron chi connectivity index (χ2n) is 11.4. The highest BCUT2D eigenvalue weighted by Crippen LogP contribution is 2.39. The fraction of sp³-hybridized carbons (Fsp3) is 0.367. The Morgan fingerprint density at radius 2 is 1.89 bits per heavy atom. The van der Waals surface area contributed by atoms with Crippen molar-refractivity contribution in [3.05, 3.63) is 71.7 Å². The third-order valence-electron chi connectivity index (χ3n) is 8.51. The van der Waals surface area contributed by atoms with Crippen molar-refractivity contribution in [1.29, 1.82) is 0 Å². The van der Waals surface area contributed by atoms with Gasteiger partial charge in [0.2, 0.25) is 0 Å². The molecule has 44 heavy (non-hydrogen) atoms. The lowest BCUT2D eigenvalue weighted by atomic mass is 9.78. The van der Waals surface area contributed by atoms with Crippen LogP contribution < -0.4 is 11.1 Å². The number of aromatic nitrogens is 4. The normalized spacial score (nSPS) is 19.9. The number of nitrogens with two attached hydrogens (primary N) is 1. The van der Waals surface area contributed by atoms with Gasteiger partial charge in [-0.2, -0.15) is 13.2 Å². The Morgan fingerprint density at radius 1 is 1.11 bits per heavy atom. The smallest absolute Gasteiger partial charge is 0.382 e. The van der Waals surface area contributed by atoms with Crippen molar-refractivity contribution in [1.82, 2.24) is 24.3 Å². The van der Waals surface area contributed by atoms with Crippen LogP contribution in [-0.4, -0.2) is 59.4 Å². The number of imidazole rings is 1. The van der Waals surface area contributed by atoms with Crippen LogP contribution in [0.15, 0.2) is 48.9 Å². The Labute approximate surface area is 248 Å². The van der Waals surface area contributed by atoms with Gasteiger partial charge in [0.25, 0.3) is 11.8 Å². The average Bonchev–Trinajstić information content (AvgIpc) is 3.36. The highest BCUT2D eigenvalue weighted by molar-refractivity contribution is 6.04. The van der Waals surface area contributed by atoms with Crippen LogP contribution in [0.1, 0.15) is 66.7 Å². The maximum absolute atomic E-state index is 15.6. The number of hydrogen-bond acceptors (Lipinski definition) is 7. The molecule has 1 aliphatic carbocycles. The molecule has 1 aliphatic heterocycles. The number of pyridine rings is 1. The highest BCUT2D eigenvalue weighted by atomic mass is 19.4. The number of halogens is 4. The quantitative estimate of drug-likeness (QED) is 0.276. The summed E-state index contributed by atoms with van der Waals surface area (Å²) in [7, 11) is 0. The summed E-state index contributed by atoms with van der Waals surface area (Å²) in [6.45, 7) is 2.26. The Balaban J connectivity index is 1.31. The van der Waals surface area contributed by atoms with Gasteiger partial charge in [0, 0.05) is 48.2 Å². The van der Waals surface area contributed by atoms with Gasteiger partial charge in [-0.3, -0.25) is 14.0 Å². The van der Waals surface area contributed by atoms with Gasteiger partial charge in [-0.1, -0.05) is 0 Å². The van der Waals surface area contributed by atoms with Crippen molar-refractivity contribution < 1.29 is 32.3 Å². The molecule has 10 nitrogen and oxygen atoms in total. The van der Waals surface area contributed by atoms with Crippen LogP contribution in [0.5, 0.6) is 0 Å². The third-order valence-corrected chi connectivity index (χ3v) is 8.51. The summed E-state index contributed by atoms with van der Waals surface area (Å²) in [6.07, 6.45) is 2.47. The third kappa shape index (κ3) is 5.23. The van der Waals surface area contributed by atoms with Gasteiger partial charge in [-0.25, -0.2) is 19.3 Å². The number of anilines is 2. The molecule has 6 rings (SSSR count). The predicted molar refractivity (Wildman–Crippen MR) is 152 cm³/mol. The van der Waals surface area contributed by atoms with Gasteiger partial charge >= 0.3 is 6.18 Å². The van der Waals surface area contributed by atoms with Crippen LogP contribution in [0.3, 0.4) is 0 Å². The molecule has 2 atom stereocenters. The number of nitrogen functional groups attached to an aromatic ring is 1. The number of alkyl halides is 3. The summed E-state index contributed by atoms with van der Waals surface area (Å²) in [6, 6.07) is 5.01. The molecule has 4 aromatic rings. The van der Waals surface area contributed by atoms with E-state index in [-0.39, 0.29) is 46.3 Å². The van der Waals surface area contributed by atoms with E-state index in [1.54, 1.807) is 15.5 Å². The first kappa shape index (κ1) is 29.5. The van der Waals surface area contributed by atoms with Gasteiger partial charge in [0.1, 0.15) is 40.1 Å². The number of benzene rings is 1. The van der Waals surface area contributed by atoms with Crippen LogP contribution in [0.2, 0.25) is 0 Å². The molecule has 1 aromatic carbocycles. The van der Waals surface area contributed by atoms with Gasteiger partial charge in [0.05, 0.1) is 5.56 Å². The first-order valence-corrected chi connectivity index (χ1v) is 14.2. The number of rotatable bonds is 5. The molecule has 4 N–H and O–H groups in total. The Bertz CT molecular complexity index is 1770. The van der Waals surface area contributed by atoms with Crippen LogP contribution in [0.4, 0.5) is 29.2 Å². The summed E-state index contributed by atoms with van der Waals surface area (Å²) in [4.78, 5) is 40.4. The minimum Gasteiger partial charge on any atom is -0.382 e. The predicted octanol–water partition coefficient (Wildman–Crippen LogP) is 4.79. The molecular formula is C30H29F4N7O3. The van der Waals surface area contributed by atoms with E-state index in [4.69, 9.17) is 10.7 Å². The summed E-state index contributed by atoms with van der Waals surface area (Å²) >= 11 is 0. The first-order chi connectivity index (χ1) is 20.9. The molecule has 1 saturated carbocycles. The van der Waals surface area contributed by atoms with E-state index in [1.807, 2.05) is 6.92 Å². The molecular weight excluding hydrogens is 582 g/mol. The maximum Gasteiger partial charge on any atom is 0.416 e. The monoisotopic (exact) mass is 611 g/mol. The fourth-order valence-corrected chi connectivity index (χ4v) is 5.87. The molecule has 0 unspecified atom stereocenters. The summed E-state index contributed by atoms with van der Waals surface area (Å²) in [5.41, 5.74) is 4.32. The molecule has 4 heterocycles. The lowest BCUT2D eigenvalue weighted by molar-refractivity contribution is -0.164. The van der Waals surface area contributed by atoms with E-state index in [0.29, 0.717) is 49.6 Å². The number of fused-ring (bicyclic) bond motifs is 1. The number of piperidine rings is 1. The van der Waals surface area contributed by atoms with E-state index < -0.39 is 29.1 Å². The fourth-order valence-electron chi connectivity index (χ4n) is 5.87. The second-order valence-corrected chi connectivity index (χ2v) is 11.4. The van der Waals surface area contributed by atoms with Gasteiger partial charge in [-0.05, 0) is 69.4 Å². The maximum atomic E-state index is 15.6. The van der Waals surface area contributed by atoms with Crippen LogP contribution >= 0.6 is 0 Å². The largest absolute Gasteiger partial charge is 0.416 e. The van der Waals surface area contributed by atoms with E-state index in [0.717, 1.165) is 24.8 Å². The molecule has 230 valence electrons. The molecule has 0 spiro atoms. The number of hydrogen-bond donors (Lipinski definition) is 3. The van der Waals surface area contributed by atoms with Crippen molar-refractivity contribution in [3.8, 4) is 11.3 Å². The average molecular weight is 612 g/mol. The number of carbonyl (C=O) groups is 2. The Kier molecular flexibility index (Phi) is 7.26. The number of amides is 2. The van der Waals surface area contributed by atoms with Gasteiger partial charge < -0.3 is 21.1 Å². The zero-order chi connectivity index (χ0) is 31.4. The Morgan fingerprint density at radius 3 is 2.57 bits per heavy atom. The van der Waals surface area contributed by atoms with Crippen LogP contribution in [0.25, 0.3) is 16.8 Å². The zero-order valence-corrected chi connectivity index (χ0v) is 23.6. The van der Waals surface area contributed by atoms with Crippen LogP contribution in [0, 0.1) is 5.82 Å². The van der Waals surface area contributed by atoms with E-state index in [1.165, 1.54) is 18.3 Å². The SMILES string of the molecule is C[C@H]1CC[C@@H](c2nc(-c3ccc(C(=O)Nc4cc(C(F)(F)F)ccn4)cc3F)c3c(N)nccn23)CN1C(=O)C1(O)CCC1. The summed E-state index contributed by atoms with van der Waals surface area (Å²) in [5.74, 6) is -1.89. The minimum atomic E-state index is -4.62. The van der Waals surface area contributed by atoms with E-state index in [2.05, 4.69) is 15.3 Å². The molecule has 1 saturated heterocycles. The lowest BCUT2D eigenvalue weighted by Crippen LogP contribution is -2.57. The number of carbonyl (C=O) groups excluding carboxylic acids is 2. The van der Waals surface area contributed by atoms with Gasteiger partial charge in [0.15, 0.2) is 0 Å². The second kappa shape index (κ2) is 10.8. The Hall–Kier alpha value is -4.59. The molecule has 2 fully saturated rings. The zero-order valence-electron chi connectivity index (χ0n) is 23.6. The molecule has 2 aliphatic rings. The van der Waals surface area contributed by atoms with Crippen molar-refractivity contribution >= 4 is 29.0 Å². The lowest BCUT2D eigenvalue weighted by Gasteiger charge is -2.44. The number of nitrogens with one attached hydrogen (secondary N) is 1. The summed E-state index contributed by atoms with van der Waals surface area (Å²) < 4.78 is 56.5. The minimum absolute atomic E-state index is 0.0306. The molecule has 2 amide bonds. The highest BCUT2D eigenvalue weighted by Gasteiger charge is 2.47. The molecule has 0 radical (unpaired) electrons. The number of aliphatic hydroxyl groups is 1. The topological polar surface area (TPSA) is 139 Å². The summed E-state index contributed by atoms with van der Waals surface area (Å²) in [5, 5.41) is 13.0. The van der Waals surface area contributed by atoms with Gasteiger partial charge in [-0.15, -0.1) is 0 Å². The van der Waals surface area contributed by atoms with E-state index in [9.17, 15) is 27.9 Å². The van der Waals surface area contributed by atoms with Crippen molar-refractivity contribution in [2.24, 2.45) is 0 Å². The standard InChI is InChI=1S/C30H29F4N7O3/c1-16-3-4-18(15-41(16)28(43)29(44)8-2-9-29)26-39-23(24-25(35)37-11-12-40(24)26)20-6-5-17(13-21(20)31)27(42)38-22-14-19(7-10-36-22)30(32,33)34/h5-7,10-14,16,18,44H,2-4,8-9,15H2,1H3,(H2,35,37)(H,36,38,42)/t16-,18+/m0/s1. The van der Waals surface area contributed by atoms with Crippen molar-refractivity contribution in [2.45, 2.75) is 62.8 Å². The van der Waals surface area contributed by atoms with Crippen molar-refractivity contribution in [3.63, 3.8) is 0 Å². The van der Waals surface area contributed by atoms with Crippen molar-refractivity contribution in [2.75, 3.05) is 17.6 Å². The molecule has 14 heteroatoms. The molecule has 0 bridgehead atoms. The van der Waals surface area contributed by atoms with E-state index >= 15 is 4.39 Å². The number of nitrogens with zero attached hydrogens (tertiary/aromatic N) is 5. The molecule has 3 aromatic heterocycles. The number of likely N-dealkylation sites (tertiary alicyclic amines) is 1. The van der Waals surface area contributed by atoms with Crippen LogP contribution in [-0.2, 0) is 11.0 Å².